The minimum Gasteiger partial charge on any atom is -0.310 e. The van der Waals surface area contributed by atoms with Crippen molar-refractivity contribution < 1.29 is 0 Å². The zero-order valence-corrected chi connectivity index (χ0v) is 27.3. The molecule has 8 rings (SSSR count). The molecule has 0 spiro atoms. The molecule has 0 fully saturated rings. The van der Waals surface area contributed by atoms with Crippen LogP contribution >= 0.6 is 0 Å². The lowest BCUT2D eigenvalue weighted by atomic mass is 9.77. The van der Waals surface area contributed by atoms with E-state index in [1.807, 2.05) is 0 Å². The standard InChI is InChI=1S/C45H39N/c1-29(2)30-15-20-39(21-16-30)46(38-9-7-6-8-10-38)40-22-17-34-26-42-43-27-35-23-32(31-13-18-37(19-14-31)45(3,4)5)11-12-33(35)25-41(43)44(42)28-36(34)24-40/h6-29H,1-5H3. The van der Waals surface area contributed by atoms with Gasteiger partial charge in [0, 0.05) is 17.1 Å². The van der Waals surface area contributed by atoms with Crippen LogP contribution in [0.25, 0.3) is 54.9 Å². The van der Waals surface area contributed by atoms with E-state index in [0.717, 1.165) is 11.4 Å². The third-order valence-corrected chi connectivity index (χ3v) is 9.69. The first kappa shape index (κ1) is 28.3. The average molecular weight is 594 g/mol. The van der Waals surface area contributed by atoms with Crippen LogP contribution in [-0.4, -0.2) is 0 Å². The molecule has 1 heteroatoms. The second-order valence-corrected chi connectivity index (χ2v) is 14.1. The Morgan fingerprint density at radius 1 is 0.435 bits per heavy atom. The van der Waals surface area contributed by atoms with Gasteiger partial charge < -0.3 is 4.90 Å². The fourth-order valence-electron chi connectivity index (χ4n) is 6.93. The first-order valence-corrected chi connectivity index (χ1v) is 16.5. The van der Waals surface area contributed by atoms with Gasteiger partial charge in [-0.25, -0.2) is 0 Å². The maximum absolute atomic E-state index is 2.39. The molecule has 0 amide bonds. The number of para-hydroxylation sites is 1. The molecule has 0 heterocycles. The van der Waals surface area contributed by atoms with E-state index in [0.29, 0.717) is 5.92 Å². The molecule has 0 saturated carbocycles. The fourth-order valence-corrected chi connectivity index (χ4v) is 6.93. The average Bonchev–Trinajstić information content (AvgIpc) is 3.07. The summed E-state index contributed by atoms with van der Waals surface area (Å²) in [7, 11) is 0. The highest BCUT2D eigenvalue weighted by atomic mass is 15.1. The highest BCUT2D eigenvalue weighted by Crippen LogP contribution is 2.51. The van der Waals surface area contributed by atoms with Crippen LogP contribution in [0.15, 0.2) is 140 Å². The number of rotatable bonds is 5. The number of fused-ring (bicyclic) bond motifs is 6. The molecular weight excluding hydrogens is 555 g/mol. The summed E-state index contributed by atoms with van der Waals surface area (Å²) in [5, 5.41) is 5.10. The Morgan fingerprint density at radius 2 is 0.935 bits per heavy atom. The SMILES string of the molecule is CC(C)c1ccc(N(c2ccccc2)c2ccc3cc4c(cc3c2)-c2cc3ccc(-c5ccc(C(C)(C)C)cc5)cc3cc2-4)cc1. The van der Waals surface area contributed by atoms with Crippen LogP contribution in [0, 0.1) is 0 Å². The van der Waals surface area contributed by atoms with E-state index in [1.54, 1.807) is 0 Å². The molecule has 0 atom stereocenters. The summed E-state index contributed by atoms with van der Waals surface area (Å²) in [6, 6.07) is 52.0. The Balaban J connectivity index is 1.16. The van der Waals surface area contributed by atoms with E-state index in [9.17, 15) is 0 Å². The number of anilines is 3. The monoisotopic (exact) mass is 593 g/mol. The Labute approximate surface area is 272 Å². The molecule has 46 heavy (non-hydrogen) atoms. The van der Waals surface area contributed by atoms with E-state index < -0.39 is 0 Å². The Kier molecular flexibility index (Phi) is 6.62. The van der Waals surface area contributed by atoms with Gasteiger partial charge in [-0.15, -0.1) is 0 Å². The van der Waals surface area contributed by atoms with Crippen molar-refractivity contribution in [1.82, 2.24) is 0 Å². The Hall–Kier alpha value is -5.14. The van der Waals surface area contributed by atoms with Crippen LogP contribution in [0.2, 0.25) is 0 Å². The number of hydrogen-bond acceptors (Lipinski definition) is 1. The van der Waals surface area contributed by atoms with Crippen molar-refractivity contribution in [3.05, 3.63) is 151 Å². The van der Waals surface area contributed by atoms with Crippen LogP contribution in [0.3, 0.4) is 0 Å². The van der Waals surface area contributed by atoms with Gasteiger partial charge in [-0.3, -0.25) is 0 Å². The first-order valence-electron chi connectivity index (χ1n) is 16.5. The fraction of sp³-hybridized carbons (Fsp3) is 0.156. The van der Waals surface area contributed by atoms with Crippen molar-refractivity contribution in [2.24, 2.45) is 0 Å². The quantitative estimate of drug-likeness (QED) is 0.192. The lowest BCUT2D eigenvalue weighted by molar-refractivity contribution is 0.590. The van der Waals surface area contributed by atoms with Crippen LogP contribution in [-0.2, 0) is 5.41 Å². The van der Waals surface area contributed by atoms with Crippen molar-refractivity contribution in [1.29, 1.82) is 0 Å². The van der Waals surface area contributed by atoms with E-state index in [1.165, 1.54) is 71.7 Å². The van der Waals surface area contributed by atoms with Crippen LogP contribution in [0.4, 0.5) is 17.1 Å². The van der Waals surface area contributed by atoms with E-state index >= 15 is 0 Å². The van der Waals surface area contributed by atoms with Gasteiger partial charge >= 0.3 is 0 Å². The summed E-state index contributed by atoms with van der Waals surface area (Å²) in [4.78, 5) is 2.36. The van der Waals surface area contributed by atoms with Gasteiger partial charge in [-0.2, -0.15) is 0 Å². The molecule has 0 saturated heterocycles. The van der Waals surface area contributed by atoms with Crippen molar-refractivity contribution in [3.8, 4) is 33.4 Å². The molecule has 0 aromatic heterocycles. The molecule has 1 aliphatic rings. The summed E-state index contributed by atoms with van der Waals surface area (Å²) in [5.41, 5.74) is 14.3. The lowest BCUT2D eigenvalue weighted by Gasteiger charge is -2.28. The van der Waals surface area contributed by atoms with Crippen molar-refractivity contribution in [3.63, 3.8) is 0 Å². The molecule has 7 aromatic rings. The van der Waals surface area contributed by atoms with Crippen LogP contribution < -0.4 is 4.90 Å². The maximum atomic E-state index is 2.39. The number of benzene rings is 7. The van der Waals surface area contributed by atoms with Gasteiger partial charge in [0.1, 0.15) is 0 Å². The molecule has 1 aliphatic carbocycles. The zero-order chi connectivity index (χ0) is 31.6. The van der Waals surface area contributed by atoms with Crippen molar-refractivity contribution in [2.45, 2.75) is 46.0 Å². The second kappa shape index (κ2) is 10.7. The maximum Gasteiger partial charge on any atom is 0.0468 e. The molecule has 0 aliphatic heterocycles. The van der Waals surface area contributed by atoms with E-state index in [2.05, 4.69) is 179 Å². The Bertz CT molecular complexity index is 2230. The molecule has 0 radical (unpaired) electrons. The van der Waals surface area contributed by atoms with Gasteiger partial charge in [0.05, 0.1) is 0 Å². The molecule has 224 valence electrons. The molecule has 1 nitrogen and oxygen atoms in total. The third-order valence-electron chi connectivity index (χ3n) is 9.69. The molecule has 0 bridgehead atoms. The van der Waals surface area contributed by atoms with E-state index in [-0.39, 0.29) is 5.41 Å². The van der Waals surface area contributed by atoms with Crippen molar-refractivity contribution in [2.75, 3.05) is 4.90 Å². The third kappa shape index (κ3) is 4.88. The van der Waals surface area contributed by atoms with Gasteiger partial charge in [-0.05, 0) is 144 Å². The predicted molar refractivity (Wildman–Crippen MR) is 199 cm³/mol. The predicted octanol–water partition coefficient (Wildman–Crippen LogP) is 13.2. The highest BCUT2D eigenvalue weighted by Gasteiger charge is 2.24. The minimum atomic E-state index is 0.157. The summed E-state index contributed by atoms with van der Waals surface area (Å²) in [6.07, 6.45) is 0. The van der Waals surface area contributed by atoms with Gasteiger partial charge in [0.2, 0.25) is 0 Å². The summed E-state index contributed by atoms with van der Waals surface area (Å²) < 4.78 is 0. The van der Waals surface area contributed by atoms with Crippen LogP contribution in [0.5, 0.6) is 0 Å². The van der Waals surface area contributed by atoms with Crippen molar-refractivity contribution >= 4 is 38.6 Å². The minimum absolute atomic E-state index is 0.157. The molecule has 7 aromatic carbocycles. The van der Waals surface area contributed by atoms with Gasteiger partial charge in [0.25, 0.3) is 0 Å². The zero-order valence-electron chi connectivity index (χ0n) is 27.3. The highest BCUT2D eigenvalue weighted by molar-refractivity contribution is 6.12. The summed E-state index contributed by atoms with van der Waals surface area (Å²) in [6.45, 7) is 11.3. The topological polar surface area (TPSA) is 3.24 Å². The van der Waals surface area contributed by atoms with Crippen LogP contribution in [0.1, 0.15) is 51.7 Å². The number of nitrogens with zero attached hydrogens (tertiary/aromatic N) is 1. The molecular formula is C45H39N. The lowest BCUT2D eigenvalue weighted by Crippen LogP contribution is -2.10. The number of hydrogen-bond donors (Lipinski definition) is 0. The first-order chi connectivity index (χ1) is 22.2. The largest absolute Gasteiger partial charge is 0.310 e. The van der Waals surface area contributed by atoms with E-state index in [4.69, 9.17) is 0 Å². The van der Waals surface area contributed by atoms with Gasteiger partial charge in [-0.1, -0.05) is 107 Å². The van der Waals surface area contributed by atoms with Gasteiger partial charge in [0.15, 0.2) is 0 Å². The normalized spacial score (nSPS) is 12.2. The molecule has 0 unspecified atom stereocenters. The Morgan fingerprint density at radius 3 is 1.52 bits per heavy atom. The smallest absolute Gasteiger partial charge is 0.0468 e. The summed E-state index contributed by atoms with van der Waals surface area (Å²) >= 11 is 0. The second-order valence-electron chi connectivity index (χ2n) is 14.1. The summed E-state index contributed by atoms with van der Waals surface area (Å²) in [5.74, 6) is 0.505. The molecule has 0 N–H and O–H groups in total.